The van der Waals surface area contributed by atoms with Crippen molar-refractivity contribution in [3.8, 4) is 22.6 Å². The summed E-state index contributed by atoms with van der Waals surface area (Å²) in [6, 6.07) is 17.3. The van der Waals surface area contributed by atoms with Crippen molar-refractivity contribution in [3.63, 3.8) is 0 Å². The van der Waals surface area contributed by atoms with Gasteiger partial charge in [0.05, 0.1) is 5.56 Å². The fourth-order valence-corrected chi connectivity index (χ4v) is 4.22. The summed E-state index contributed by atoms with van der Waals surface area (Å²) in [5, 5.41) is 10.4. The largest absolute Gasteiger partial charge is 0.507 e. The molecule has 0 aromatic heterocycles. The Morgan fingerprint density at radius 1 is 1.00 bits per heavy atom. The molecule has 0 radical (unpaired) electrons. The van der Waals surface area contributed by atoms with Crippen LogP contribution in [0.4, 0.5) is 0 Å². The van der Waals surface area contributed by atoms with E-state index in [9.17, 15) is 9.90 Å². The van der Waals surface area contributed by atoms with Gasteiger partial charge < -0.3 is 14.6 Å². The lowest BCUT2D eigenvalue weighted by atomic mass is 9.87. The zero-order chi connectivity index (χ0) is 22.2. The molecule has 1 aliphatic heterocycles. The first-order valence-electron chi connectivity index (χ1n) is 10.6. The van der Waals surface area contributed by atoms with Gasteiger partial charge in [0.15, 0.2) is 0 Å². The van der Waals surface area contributed by atoms with Crippen LogP contribution in [0, 0.1) is 20.8 Å². The van der Waals surface area contributed by atoms with Crippen LogP contribution in [0.25, 0.3) is 11.1 Å². The Bertz CT molecular complexity index is 1130. The third-order valence-electron chi connectivity index (χ3n) is 6.33. The molecule has 0 fully saturated rings. The van der Waals surface area contributed by atoms with Crippen molar-refractivity contribution >= 4 is 5.97 Å². The maximum absolute atomic E-state index is 13.0. The molecule has 3 aromatic rings. The first kappa shape index (κ1) is 21.0. The topological polar surface area (TPSA) is 55.8 Å². The van der Waals surface area contributed by atoms with Crippen molar-refractivity contribution in [1.29, 1.82) is 0 Å². The van der Waals surface area contributed by atoms with Crippen LogP contribution < -0.4 is 4.74 Å². The van der Waals surface area contributed by atoms with Gasteiger partial charge in [-0.25, -0.2) is 4.79 Å². The van der Waals surface area contributed by atoms with Crippen LogP contribution in [0.1, 0.15) is 46.0 Å². The van der Waals surface area contributed by atoms with E-state index in [4.69, 9.17) is 9.47 Å². The minimum Gasteiger partial charge on any atom is -0.507 e. The number of aromatic hydroxyl groups is 1. The zero-order valence-corrected chi connectivity index (χ0v) is 18.5. The van der Waals surface area contributed by atoms with E-state index < -0.39 is 5.60 Å². The molecule has 1 heterocycles. The summed E-state index contributed by atoms with van der Waals surface area (Å²) in [6.07, 6.45) is 1.47. The number of esters is 1. The van der Waals surface area contributed by atoms with Crippen LogP contribution in [-0.2, 0) is 11.2 Å². The second-order valence-electron chi connectivity index (χ2n) is 8.57. The summed E-state index contributed by atoms with van der Waals surface area (Å²) < 4.78 is 12.1. The summed E-state index contributed by atoms with van der Waals surface area (Å²) >= 11 is 0. The van der Waals surface area contributed by atoms with E-state index in [1.807, 2.05) is 76.2 Å². The molecule has 0 amide bonds. The zero-order valence-electron chi connectivity index (χ0n) is 18.5. The van der Waals surface area contributed by atoms with E-state index in [1.165, 1.54) is 0 Å². The van der Waals surface area contributed by atoms with Gasteiger partial charge in [0, 0.05) is 5.56 Å². The van der Waals surface area contributed by atoms with E-state index in [0.29, 0.717) is 17.7 Å². The lowest BCUT2D eigenvalue weighted by Gasteiger charge is -2.37. The molecule has 0 bridgehead atoms. The number of fused-ring (bicyclic) bond motifs is 1. The minimum atomic E-state index is -0.620. The fraction of sp³-hybridized carbons (Fsp3) is 0.296. The van der Waals surface area contributed by atoms with Gasteiger partial charge in [0.2, 0.25) is 0 Å². The summed E-state index contributed by atoms with van der Waals surface area (Å²) in [5.41, 5.74) is 5.43. The maximum Gasteiger partial charge on any atom is 0.338 e. The highest BCUT2D eigenvalue weighted by Crippen LogP contribution is 2.43. The molecule has 1 atom stereocenters. The molecule has 31 heavy (non-hydrogen) atoms. The highest BCUT2D eigenvalue weighted by Gasteiger charge is 2.36. The number of phenols is 1. The SMILES string of the molecule is Cc1c(C)c2c(c(C)c1O)CCC(C)(COC(=O)c1ccccc1-c1ccccc1)O2. The minimum absolute atomic E-state index is 0.160. The van der Waals surface area contributed by atoms with Crippen LogP contribution in [0.3, 0.4) is 0 Å². The lowest BCUT2D eigenvalue weighted by molar-refractivity contribution is -0.0164. The third kappa shape index (κ3) is 3.90. The second-order valence-corrected chi connectivity index (χ2v) is 8.57. The van der Waals surface area contributed by atoms with Crippen molar-refractivity contribution in [2.45, 2.75) is 46.1 Å². The number of hydrogen-bond donors (Lipinski definition) is 1. The lowest BCUT2D eigenvalue weighted by Crippen LogP contribution is -2.42. The van der Waals surface area contributed by atoms with Gasteiger partial charge in [-0.3, -0.25) is 0 Å². The molecule has 1 aliphatic rings. The Morgan fingerprint density at radius 2 is 1.68 bits per heavy atom. The average Bonchev–Trinajstić information content (AvgIpc) is 2.80. The molecule has 0 spiro atoms. The number of benzene rings is 3. The monoisotopic (exact) mass is 416 g/mol. The number of ether oxygens (including phenoxy) is 2. The van der Waals surface area contributed by atoms with Gasteiger partial charge >= 0.3 is 5.97 Å². The predicted octanol–water partition coefficient (Wildman–Crippen LogP) is 5.93. The van der Waals surface area contributed by atoms with Crippen LogP contribution in [0.15, 0.2) is 54.6 Å². The average molecular weight is 417 g/mol. The number of carbonyl (C=O) groups excluding carboxylic acids is 1. The molecule has 1 N–H and O–H groups in total. The Morgan fingerprint density at radius 3 is 2.42 bits per heavy atom. The Labute approximate surface area is 183 Å². The normalized spacial score (nSPS) is 17.5. The summed E-state index contributed by atoms with van der Waals surface area (Å²) in [4.78, 5) is 13.0. The van der Waals surface area contributed by atoms with Gasteiger partial charge in [-0.05, 0) is 74.4 Å². The second kappa shape index (κ2) is 8.10. The van der Waals surface area contributed by atoms with Crippen LogP contribution in [-0.4, -0.2) is 23.3 Å². The molecule has 3 aromatic carbocycles. The maximum atomic E-state index is 13.0. The Kier molecular flexibility index (Phi) is 5.48. The van der Waals surface area contributed by atoms with E-state index in [0.717, 1.165) is 45.6 Å². The van der Waals surface area contributed by atoms with Crippen LogP contribution in [0.5, 0.6) is 11.5 Å². The summed E-state index contributed by atoms with van der Waals surface area (Å²) in [6.45, 7) is 7.91. The number of hydrogen-bond acceptors (Lipinski definition) is 4. The quantitative estimate of drug-likeness (QED) is 0.536. The van der Waals surface area contributed by atoms with Gasteiger partial charge in [-0.2, -0.15) is 0 Å². The number of carbonyl (C=O) groups is 1. The Balaban J connectivity index is 1.54. The molecule has 0 saturated carbocycles. The molecule has 0 saturated heterocycles. The van der Waals surface area contributed by atoms with Crippen molar-refractivity contribution < 1.29 is 19.4 Å². The van der Waals surface area contributed by atoms with Gasteiger partial charge in [-0.15, -0.1) is 0 Å². The Hall–Kier alpha value is -3.27. The first-order valence-corrected chi connectivity index (χ1v) is 10.6. The molecule has 4 nitrogen and oxygen atoms in total. The number of phenolic OH excluding ortho intramolecular Hbond substituents is 1. The molecule has 160 valence electrons. The van der Waals surface area contributed by atoms with Crippen molar-refractivity contribution in [3.05, 3.63) is 82.4 Å². The van der Waals surface area contributed by atoms with Crippen LogP contribution in [0.2, 0.25) is 0 Å². The molecule has 1 unspecified atom stereocenters. The van der Waals surface area contributed by atoms with Crippen molar-refractivity contribution in [1.82, 2.24) is 0 Å². The highest BCUT2D eigenvalue weighted by atomic mass is 16.6. The van der Waals surface area contributed by atoms with E-state index in [1.54, 1.807) is 6.07 Å². The fourth-order valence-electron chi connectivity index (χ4n) is 4.22. The van der Waals surface area contributed by atoms with Crippen LogP contribution >= 0.6 is 0 Å². The molecule has 4 rings (SSSR count). The predicted molar refractivity (Wildman–Crippen MR) is 122 cm³/mol. The highest BCUT2D eigenvalue weighted by molar-refractivity contribution is 5.97. The standard InChI is InChI=1S/C27H28O4/c1-17-18(2)25-21(19(3)24(17)28)14-15-27(4,31-25)16-30-26(29)23-13-9-8-12-22(23)20-10-6-5-7-11-20/h5-13,28H,14-16H2,1-4H3. The van der Waals surface area contributed by atoms with Crippen molar-refractivity contribution in [2.75, 3.05) is 6.61 Å². The van der Waals surface area contributed by atoms with Gasteiger partial charge in [0.25, 0.3) is 0 Å². The summed E-state index contributed by atoms with van der Waals surface area (Å²) in [5.74, 6) is 0.791. The van der Waals surface area contributed by atoms with Gasteiger partial charge in [-0.1, -0.05) is 48.5 Å². The van der Waals surface area contributed by atoms with E-state index in [-0.39, 0.29) is 12.6 Å². The molecular weight excluding hydrogens is 388 g/mol. The third-order valence-corrected chi connectivity index (χ3v) is 6.33. The number of rotatable bonds is 4. The van der Waals surface area contributed by atoms with E-state index >= 15 is 0 Å². The molecule has 4 heteroatoms. The first-order chi connectivity index (χ1) is 14.8. The molecule has 0 aliphatic carbocycles. The smallest absolute Gasteiger partial charge is 0.338 e. The summed E-state index contributed by atoms with van der Waals surface area (Å²) in [7, 11) is 0. The van der Waals surface area contributed by atoms with Gasteiger partial charge in [0.1, 0.15) is 23.7 Å². The van der Waals surface area contributed by atoms with E-state index in [2.05, 4.69) is 0 Å². The van der Waals surface area contributed by atoms with Crippen molar-refractivity contribution in [2.24, 2.45) is 0 Å². The molecular formula is C27H28O4.